The Morgan fingerprint density at radius 2 is 1.95 bits per heavy atom. The molecule has 3 rings (SSSR count). The van der Waals surface area contributed by atoms with Crippen molar-refractivity contribution in [2.75, 3.05) is 0 Å². The van der Waals surface area contributed by atoms with Crippen LogP contribution in [-0.2, 0) is 6.54 Å². The van der Waals surface area contributed by atoms with E-state index >= 15 is 0 Å². The van der Waals surface area contributed by atoms with E-state index in [-0.39, 0.29) is 12.1 Å². The van der Waals surface area contributed by atoms with Crippen LogP contribution in [-0.4, -0.2) is 19.8 Å². The van der Waals surface area contributed by atoms with Gasteiger partial charge in [0.25, 0.3) is 0 Å². The second kappa shape index (κ2) is 4.36. The molecule has 7 heteroatoms. The molecule has 0 saturated carbocycles. The van der Waals surface area contributed by atoms with E-state index in [4.69, 9.17) is 5.73 Å². The molecule has 2 aromatic heterocycles. The van der Waals surface area contributed by atoms with Crippen molar-refractivity contribution >= 4 is 5.65 Å². The van der Waals surface area contributed by atoms with Crippen molar-refractivity contribution in [1.82, 2.24) is 19.8 Å². The van der Waals surface area contributed by atoms with Crippen molar-refractivity contribution in [2.24, 2.45) is 5.73 Å². The third-order valence-electron chi connectivity index (χ3n) is 2.71. The molecule has 0 fully saturated rings. The van der Waals surface area contributed by atoms with Gasteiger partial charge in [0.15, 0.2) is 11.5 Å². The second-order valence-corrected chi connectivity index (χ2v) is 3.93. The smallest absolute Gasteiger partial charge is 0.177 e. The van der Waals surface area contributed by atoms with Crippen molar-refractivity contribution in [3.05, 3.63) is 47.8 Å². The van der Waals surface area contributed by atoms with Crippen LogP contribution in [0.1, 0.15) is 5.82 Å². The first-order chi connectivity index (χ1) is 9.19. The summed E-state index contributed by atoms with van der Waals surface area (Å²) in [6, 6.07) is 6.39. The third-order valence-corrected chi connectivity index (χ3v) is 2.71. The second-order valence-electron chi connectivity index (χ2n) is 3.93. The Hall–Kier alpha value is -2.41. The van der Waals surface area contributed by atoms with Crippen LogP contribution in [0.4, 0.5) is 8.78 Å². The first kappa shape index (κ1) is 11.7. The fraction of sp³-hybridized carbons (Fsp3) is 0.0833. The predicted octanol–water partition coefficient (Wildman–Crippen LogP) is 1.53. The average Bonchev–Trinajstić information content (AvgIpc) is 2.83. The topological polar surface area (TPSA) is 69.1 Å². The molecule has 2 N–H and O–H groups in total. The molecule has 0 radical (unpaired) electrons. The minimum absolute atomic E-state index is 0.0820. The number of rotatable bonds is 2. The van der Waals surface area contributed by atoms with Crippen molar-refractivity contribution in [3.8, 4) is 11.3 Å². The lowest BCUT2D eigenvalue weighted by atomic mass is 10.1. The Morgan fingerprint density at radius 1 is 1.11 bits per heavy atom. The summed E-state index contributed by atoms with van der Waals surface area (Å²) in [6.45, 7) is 0.156. The van der Waals surface area contributed by atoms with Crippen LogP contribution in [0.25, 0.3) is 16.9 Å². The molecule has 0 amide bonds. The Kier molecular flexibility index (Phi) is 2.68. The first-order valence-electron chi connectivity index (χ1n) is 5.56. The zero-order valence-corrected chi connectivity index (χ0v) is 9.72. The number of aromatic nitrogens is 4. The van der Waals surface area contributed by atoms with Gasteiger partial charge in [-0.2, -0.15) is 9.61 Å². The molecule has 0 saturated heterocycles. The monoisotopic (exact) mass is 261 g/mol. The average molecular weight is 261 g/mol. The summed E-state index contributed by atoms with van der Waals surface area (Å²) in [5.74, 6) is -0.620. The van der Waals surface area contributed by atoms with Crippen molar-refractivity contribution in [3.63, 3.8) is 0 Å². The van der Waals surface area contributed by atoms with Crippen LogP contribution in [0.5, 0.6) is 0 Å². The lowest BCUT2D eigenvalue weighted by Gasteiger charge is -2.04. The predicted molar refractivity (Wildman–Crippen MR) is 64.0 cm³/mol. The van der Waals surface area contributed by atoms with Gasteiger partial charge >= 0.3 is 0 Å². The lowest BCUT2D eigenvalue weighted by molar-refractivity contribution is 0.602. The summed E-state index contributed by atoms with van der Waals surface area (Å²) >= 11 is 0. The number of fused-ring (bicyclic) bond motifs is 1. The third kappa shape index (κ3) is 1.93. The Balaban J connectivity index is 2.22. The molecule has 0 aliphatic carbocycles. The highest BCUT2D eigenvalue weighted by Crippen LogP contribution is 2.22. The first-order valence-corrected chi connectivity index (χ1v) is 5.56. The van der Waals surface area contributed by atoms with Gasteiger partial charge in [-0.25, -0.2) is 8.78 Å². The largest absolute Gasteiger partial charge is 0.324 e. The van der Waals surface area contributed by atoms with Gasteiger partial charge in [-0.05, 0) is 30.3 Å². The normalized spacial score (nSPS) is 11.1. The number of benzene rings is 1. The van der Waals surface area contributed by atoms with Gasteiger partial charge in [0.05, 0.1) is 12.2 Å². The van der Waals surface area contributed by atoms with Gasteiger partial charge in [0.1, 0.15) is 11.6 Å². The highest BCUT2D eigenvalue weighted by atomic mass is 19.1. The van der Waals surface area contributed by atoms with Gasteiger partial charge in [-0.3, -0.25) is 0 Å². The summed E-state index contributed by atoms with van der Waals surface area (Å²) in [5, 5.41) is 11.9. The maximum absolute atomic E-state index is 13.7. The van der Waals surface area contributed by atoms with Crippen LogP contribution < -0.4 is 5.73 Å². The molecule has 0 spiro atoms. The zero-order valence-electron chi connectivity index (χ0n) is 9.72. The molecule has 3 aromatic rings. The van der Waals surface area contributed by atoms with Gasteiger partial charge in [-0.15, -0.1) is 10.2 Å². The molecule has 0 aliphatic rings. The van der Waals surface area contributed by atoms with E-state index in [2.05, 4.69) is 15.3 Å². The lowest BCUT2D eigenvalue weighted by Crippen LogP contribution is -2.05. The summed E-state index contributed by atoms with van der Waals surface area (Å²) in [7, 11) is 0. The van der Waals surface area contributed by atoms with E-state index in [0.717, 1.165) is 18.2 Å². The number of nitrogens with zero attached hydrogens (tertiary/aromatic N) is 4. The molecule has 5 nitrogen and oxygen atoms in total. The Labute approximate surface area is 106 Å². The standard InChI is InChI=1S/C12H9F2N5/c13-7-1-2-9(14)8(5-7)10-3-4-11-16-17-12(6-15)19(11)18-10/h1-5H,6,15H2. The summed E-state index contributed by atoms with van der Waals surface area (Å²) in [6.07, 6.45) is 0. The number of hydrogen-bond acceptors (Lipinski definition) is 4. The molecule has 0 bridgehead atoms. The molecular formula is C12H9F2N5. The van der Waals surface area contributed by atoms with E-state index in [1.165, 1.54) is 4.52 Å². The fourth-order valence-corrected chi connectivity index (χ4v) is 1.80. The maximum atomic E-state index is 13.7. The molecule has 1 aromatic carbocycles. The molecule has 96 valence electrons. The van der Waals surface area contributed by atoms with E-state index in [0.29, 0.717) is 17.2 Å². The maximum Gasteiger partial charge on any atom is 0.177 e. The van der Waals surface area contributed by atoms with Crippen molar-refractivity contribution in [2.45, 2.75) is 6.54 Å². The molecule has 0 unspecified atom stereocenters. The minimum Gasteiger partial charge on any atom is -0.324 e. The van der Waals surface area contributed by atoms with Gasteiger partial charge in [0.2, 0.25) is 0 Å². The summed E-state index contributed by atoms with van der Waals surface area (Å²) in [5.41, 5.74) is 6.38. The summed E-state index contributed by atoms with van der Waals surface area (Å²) < 4.78 is 28.3. The van der Waals surface area contributed by atoms with Crippen LogP contribution in [0.3, 0.4) is 0 Å². The number of halogens is 2. The zero-order chi connectivity index (χ0) is 13.4. The number of nitrogens with two attached hydrogens (primary N) is 1. The van der Waals surface area contributed by atoms with Crippen LogP contribution in [0.15, 0.2) is 30.3 Å². The molecule has 2 heterocycles. The van der Waals surface area contributed by atoms with Crippen molar-refractivity contribution < 1.29 is 8.78 Å². The van der Waals surface area contributed by atoms with Gasteiger partial charge in [-0.1, -0.05) is 0 Å². The molecular weight excluding hydrogens is 252 g/mol. The van der Waals surface area contributed by atoms with E-state index in [1.54, 1.807) is 12.1 Å². The molecule has 19 heavy (non-hydrogen) atoms. The Bertz CT molecular complexity index is 753. The quantitative estimate of drug-likeness (QED) is 0.759. The SMILES string of the molecule is NCc1nnc2ccc(-c3cc(F)ccc3F)nn12. The van der Waals surface area contributed by atoms with Crippen LogP contribution >= 0.6 is 0 Å². The van der Waals surface area contributed by atoms with E-state index < -0.39 is 11.6 Å². The van der Waals surface area contributed by atoms with Crippen LogP contribution in [0, 0.1) is 11.6 Å². The summed E-state index contributed by atoms with van der Waals surface area (Å²) in [4.78, 5) is 0. The highest BCUT2D eigenvalue weighted by molar-refractivity contribution is 5.61. The van der Waals surface area contributed by atoms with Gasteiger partial charge in [0, 0.05) is 5.56 Å². The molecule has 0 aliphatic heterocycles. The molecule has 0 atom stereocenters. The van der Waals surface area contributed by atoms with E-state index in [1.807, 2.05) is 0 Å². The van der Waals surface area contributed by atoms with Crippen molar-refractivity contribution in [1.29, 1.82) is 0 Å². The van der Waals surface area contributed by atoms with E-state index in [9.17, 15) is 8.78 Å². The van der Waals surface area contributed by atoms with Crippen LogP contribution in [0.2, 0.25) is 0 Å². The highest BCUT2D eigenvalue weighted by Gasteiger charge is 2.11. The van der Waals surface area contributed by atoms with Gasteiger partial charge < -0.3 is 5.73 Å². The Morgan fingerprint density at radius 3 is 2.74 bits per heavy atom. The fourth-order valence-electron chi connectivity index (χ4n) is 1.80. The minimum atomic E-state index is -0.546. The number of hydrogen-bond donors (Lipinski definition) is 1.